The minimum Gasteiger partial charge on any atom is -0.490 e. The molecule has 4 nitrogen and oxygen atoms in total. The highest BCUT2D eigenvalue weighted by atomic mass is 16.5. The van der Waals surface area contributed by atoms with Crippen LogP contribution in [0.2, 0.25) is 0 Å². The van der Waals surface area contributed by atoms with E-state index in [1.807, 2.05) is 13.8 Å². The van der Waals surface area contributed by atoms with Gasteiger partial charge in [0, 0.05) is 0 Å². The van der Waals surface area contributed by atoms with Gasteiger partial charge in [-0.15, -0.1) is 0 Å². The summed E-state index contributed by atoms with van der Waals surface area (Å²) in [5, 5.41) is 0. The Kier molecular flexibility index (Phi) is 3.90. The zero-order valence-corrected chi connectivity index (χ0v) is 9.48. The molecule has 1 aromatic carbocycles. The molecule has 1 rings (SSSR count). The van der Waals surface area contributed by atoms with E-state index in [0.717, 1.165) is 0 Å². The molecule has 0 aliphatic rings. The van der Waals surface area contributed by atoms with Crippen molar-refractivity contribution in [3.05, 3.63) is 35.2 Å². The summed E-state index contributed by atoms with van der Waals surface area (Å²) in [4.78, 5) is 14.7. The fourth-order valence-electron chi connectivity index (χ4n) is 1.21. The van der Waals surface area contributed by atoms with Gasteiger partial charge >= 0.3 is 5.97 Å². The Bertz CT molecular complexity index is 432. The van der Waals surface area contributed by atoms with Gasteiger partial charge in [0.25, 0.3) is 0 Å². The molecule has 4 heteroatoms. The lowest BCUT2D eigenvalue weighted by Gasteiger charge is -2.13. The average Bonchev–Trinajstić information content (AvgIpc) is 2.28. The molecule has 0 amide bonds. The van der Waals surface area contributed by atoms with Gasteiger partial charge in [0.15, 0.2) is 5.69 Å². The second-order valence-corrected chi connectivity index (χ2v) is 3.45. The fourth-order valence-corrected chi connectivity index (χ4v) is 1.21. The van der Waals surface area contributed by atoms with Gasteiger partial charge in [0.2, 0.25) is 0 Å². The Labute approximate surface area is 94.6 Å². The summed E-state index contributed by atoms with van der Waals surface area (Å²) < 4.78 is 10.1. The third-order valence-corrected chi connectivity index (χ3v) is 1.86. The molecule has 0 atom stereocenters. The van der Waals surface area contributed by atoms with Crippen LogP contribution in [-0.2, 0) is 4.74 Å². The zero-order chi connectivity index (χ0) is 12.1. The smallest absolute Gasteiger partial charge is 0.340 e. The first kappa shape index (κ1) is 12.1. The van der Waals surface area contributed by atoms with Crippen LogP contribution in [0.25, 0.3) is 4.85 Å². The number of hydrogen-bond donors (Lipinski definition) is 0. The second-order valence-electron chi connectivity index (χ2n) is 3.45. The second kappa shape index (κ2) is 5.17. The van der Waals surface area contributed by atoms with Crippen molar-refractivity contribution in [2.24, 2.45) is 0 Å². The highest BCUT2D eigenvalue weighted by Crippen LogP contribution is 2.26. The van der Waals surface area contributed by atoms with Gasteiger partial charge in [-0.05, 0) is 26.0 Å². The van der Waals surface area contributed by atoms with Crippen molar-refractivity contribution in [3.63, 3.8) is 0 Å². The molecule has 0 aliphatic heterocycles. The Morgan fingerprint density at radius 3 is 2.62 bits per heavy atom. The lowest BCUT2D eigenvalue weighted by atomic mass is 10.2. The monoisotopic (exact) mass is 219 g/mol. The van der Waals surface area contributed by atoms with Crippen molar-refractivity contribution in [3.8, 4) is 5.75 Å². The molecule has 0 saturated carbocycles. The van der Waals surface area contributed by atoms with Gasteiger partial charge in [0.1, 0.15) is 5.75 Å². The summed E-state index contributed by atoms with van der Waals surface area (Å²) in [6.45, 7) is 10.6. The normalized spacial score (nSPS) is 9.69. The molecule has 0 radical (unpaired) electrons. The van der Waals surface area contributed by atoms with Crippen molar-refractivity contribution in [2.75, 3.05) is 7.11 Å². The molecule has 0 N–H and O–H groups in total. The van der Waals surface area contributed by atoms with Gasteiger partial charge in [-0.25, -0.2) is 9.64 Å². The van der Waals surface area contributed by atoms with Crippen LogP contribution in [0.5, 0.6) is 5.75 Å². The van der Waals surface area contributed by atoms with Crippen LogP contribution in [0.4, 0.5) is 5.69 Å². The van der Waals surface area contributed by atoms with Gasteiger partial charge in [-0.3, -0.25) is 0 Å². The molecule has 0 heterocycles. The summed E-state index contributed by atoms with van der Waals surface area (Å²) in [7, 11) is 1.30. The van der Waals surface area contributed by atoms with E-state index in [4.69, 9.17) is 11.3 Å². The number of benzene rings is 1. The minimum absolute atomic E-state index is 0.0396. The standard InChI is InChI=1S/C12H13NO3/c1-8(2)16-11-6-5-9(13-3)7-10(11)12(14)15-4/h5-8H,1-2,4H3. The highest BCUT2D eigenvalue weighted by Gasteiger charge is 2.14. The molecular formula is C12H13NO3. The van der Waals surface area contributed by atoms with Crippen LogP contribution in [0, 0.1) is 6.57 Å². The maximum Gasteiger partial charge on any atom is 0.340 e. The average molecular weight is 219 g/mol. The first-order valence-electron chi connectivity index (χ1n) is 4.85. The molecule has 0 bridgehead atoms. The summed E-state index contributed by atoms with van der Waals surface area (Å²) in [6.07, 6.45) is -0.0396. The SMILES string of the molecule is [C-]#[N+]c1ccc(OC(C)C)c(C(=O)OC)c1. The Balaban J connectivity index is 3.17. The first-order valence-corrected chi connectivity index (χ1v) is 4.85. The van der Waals surface area contributed by atoms with E-state index in [9.17, 15) is 4.79 Å². The number of methoxy groups -OCH3 is 1. The molecular weight excluding hydrogens is 206 g/mol. The van der Waals surface area contributed by atoms with Crippen LogP contribution in [0.15, 0.2) is 18.2 Å². The minimum atomic E-state index is -0.499. The van der Waals surface area contributed by atoms with E-state index in [-0.39, 0.29) is 11.7 Å². The van der Waals surface area contributed by atoms with Crippen molar-refractivity contribution in [1.29, 1.82) is 0 Å². The lowest BCUT2D eigenvalue weighted by Crippen LogP contribution is -2.10. The molecule has 0 aliphatic carbocycles. The summed E-state index contributed by atoms with van der Waals surface area (Å²) in [5.41, 5.74) is 0.668. The van der Waals surface area contributed by atoms with E-state index in [0.29, 0.717) is 11.4 Å². The van der Waals surface area contributed by atoms with Crippen LogP contribution in [0.3, 0.4) is 0 Å². The third-order valence-electron chi connectivity index (χ3n) is 1.86. The van der Waals surface area contributed by atoms with Crippen LogP contribution < -0.4 is 4.74 Å². The van der Waals surface area contributed by atoms with Gasteiger partial charge in [0.05, 0.1) is 25.3 Å². The number of esters is 1. The molecule has 0 spiro atoms. The number of rotatable bonds is 3. The van der Waals surface area contributed by atoms with E-state index in [2.05, 4.69) is 9.58 Å². The van der Waals surface area contributed by atoms with Crippen LogP contribution in [-0.4, -0.2) is 19.2 Å². The largest absolute Gasteiger partial charge is 0.490 e. The lowest BCUT2D eigenvalue weighted by molar-refractivity contribution is 0.0594. The predicted octanol–water partition coefficient (Wildman–Crippen LogP) is 2.81. The molecule has 0 unspecified atom stereocenters. The first-order chi connectivity index (χ1) is 7.58. The number of ether oxygens (including phenoxy) is 2. The maximum absolute atomic E-state index is 11.5. The molecule has 16 heavy (non-hydrogen) atoms. The van der Waals surface area contributed by atoms with E-state index >= 15 is 0 Å². The Morgan fingerprint density at radius 1 is 1.44 bits per heavy atom. The maximum atomic E-state index is 11.5. The number of hydrogen-bond acceptors (Lipinski definition) is 3. The molecule has 0 aromatic heterocycles. The number of carbonyl (C=O) groups excluding carboxylic acids is 1. The molecule has 0 saturated heterocycles. The quantitative estimate of drug-likeness (QED) is 0.579. The number of carbonyl (C=O) groups is 1. The van der Waals surface area contributed by atoms with Crippen molar-refractivity contribution < 1.29 is 14.3 Å². The third kappa shape index (κ3) is 2.74. The van der Waals surface area contributed by atoms with Crippen molar-refractivity contribution in [1.82, 2.24) is 0 Å². The number of nitrogens with zero attached hydrogens (tertiary/aromatic N) is 1. The van der Waals surface area contributed by atoms with E-state index in [1.54, 1.807) is 12.1 Å². The fraction of sp³-hybridized carbons (Fsp3) is 0.333. The summed E-state index contributed by atoms with van der Waals surface area (Å²) in [6, 6.07) is 4.69. The summed E-state index contributed by atoms with van der Waals surface area (Å²) >= 11 is 0. The zero-order valence-electron chi connectivity index (χ0n) is 9.48. The Morgan fingerprint density at radius 2 is 2.12 bits per heavy atom. The predicted molar refractivity (Wildman–Crippen MR) is 59.8 cm³/mol. The highest BCUT2D eigenvalue weighted by molar-refractivity contribution is 5.93. The van der Waals surface area contributed by atoms with Crippen LogP contribution in [0.1, 0.15) is 24.2 Å². The van der Waals surface area contributed by atoms with E-state index < -0.39 is 5.97 Å². The molecule has 1 aromatic rings. The Hall–Kier alpha value is -2.02. The van der Waals surface area contributed by atoms with Gasteiger partial charge in [-0.1, -0.05) is 6.07 Å². The van der Waals surface area contributed by atoms with Gasteiger partial charge in [-0.2, -0.15) is 0 Å². The topological polar surface area (TPSA) is 39.9 Å². The summed E-state index contributed by atoms with van der Waals surface area (Å²) in [5.74, 6) is -0.0598. The molecule has 84 valence electrons. The van der Waals surface area contributed by atoms with Crippen molar-refractivity contribution in [2.45, 2.75) is 20.0 Å². The van der Waals surface area contributed by atoms with E-state index in [1.165, 1.54) is 13.2 Å². The van der Waals surface area contributed by atoms with Crippen molar-refractivity contribution >= 4 is 11.7 Å². The van der Waals surface area contributed by atoms with Gasteiger partial charge < -0.3 is 9.47 Å². The molecule has 0 fully saturated rings. The van der Waals surface area contributed by atoms with Crippen LogP contribution >= 0.6 is 0 Å².